The number of likely N-dealkylation sites (N-methyl/N-ethyl adjacent to an activating group) is 2. The number of aromatic nitrogens is 1. The molecule has 12 atom stereocenters. The van der Waals surface area contributed by atoms with Crippen molar-refractivity contribution >= 4 is 88.5 Å². The Morgan fingerprint density at radius 3 is 1.88 bits per heavy atom. The number of benzene rings is 4. The maximum absolute atomic E-state index is 14.9. The fourth-order valence-electron chi connectivity index (χ4n) is 15.2. The van der Waals surface area contributed by atoms with Crippen LogP contribution in [-0.2, 0) is 84.6 Å². The number of primary amides is 1. The SMILES string of the molecule is CC[C@H](C)[C@@H]([C@@H](CC(=O)N1CCC[C@H]1[C@H](OC)[C@@H](C)C(=O)N[C@@H](Cc1ccccc1)c1nccs1)OC)N(C)C(=O)[C@@H](NC(=O)[C@H](C(C)C)N(C)C(=O)OCc1ccc(NC(=O)[C@H](CCCNC(N)=O)NC(=O)[C@@H](NC(=O)CCOCCOCCNC(=O)[C@H](CCC(=O)O)NC(=O)OCC2c3ccccc3-c3ccccc32)C(C)C)cc1)C(C)C. The van der Waals surface area contributed by atoms with Crippen LogP contribution in [0.5, 0.6) is 0 Å². The van der Waals surface area contributed by atoms with Crippen LogP contribution in [0.2, 0.25) is 0 Å². The summed E-state index contributed by atoms with van der Waals surface area (Å²) in [4.78, 5) is 172. The highest BCUT2D eigenvalue weighted by molar-refractivity contribution is 7.09. The highest BCUT2D eigenvalue weighted by Gasteiger charge is 2.45. The number of anilines is 1. The van der Waals surface area contributed by atoms with Crippen molar-refractivity contribution < 1.29 is 91.1 Å². The van der Waals surface area contributed by atoms with Crippen molar-refractivity contribution in [3.63, 3.8) is 0 Å². The molecule has 1 saturated heterocycles. The van der Waals surface area contributed by atoms with E-state index in [1.165, 1.54) is 30.4 Å². The Balaban J connectivity index is 0.854. The zero-order chi connectivity index (χ0) is 87.7. The van der Waals surface area contributed by atoms with Gasteiger partial charge in [0, 0.05) is 84.0 Å². The molecule has 11 N–H and O–H groups in total. The molecule has 0 spiro atoms. The highest BCUT2D eigenvalue weighted by atomic mass is 32.1. The van der Waals surface area contributed by atoms with Crippen LogP contribution in [0.4, 0.5) is 20.1 Å². The van der Waals surface area contributed by atoms with E-state index < -0.39 is 144 Å². The van der Waals surface area contributed by atoms with Crippen molar-refractivity contribution in [1.82, 2.24) is 56.9 Å². The second-order valence-corrected chi connectivity index (χ2v) is 32.4. The zero-order valence-corrected chi connectivity index (χ0v) is 72.0. The summed E-state index contributed by atoms with van der Waals surface area (Å²) >= 11 is 1.46. The van der Waals surface area contributed by atoms with E-state index in [2.05, 4.69) is 47.5 Å². The fraction of sp³-hybridized carbons (Fsp3) is 0.552. The smallest absolute Gasteiger partial charge is 0.410 e. The number of nitrogens with two attached hydrogens (primary N) is 1. The third-order valence-corrected chi connectivity index (χ3v) is 22.8. The summed E-state index contributed by atoms with van der Waals surface area (Å²) in [5.74, 6) is -7.46. The molecule has 2 aliphatic rings. The van der Waals surface area contributed by atoms with E-state index in [4.69, 9.17) is 34.2 Å². The Hall–Kier alpha value is -10.6. The van der Waals surface area contributed by atoms with Crippen molar-refractivity contribution in [1.29, 1.82) is 0 Å². The first kappa shape index (κ1) is 96.5. The minimum atomic E-state index is -1.21. The maximum atomic E-state index is 14.9. The first-order valence-electron chi connectivity index (χ1n) is 41.2. The van der Waals surface area contributed by atoms with Gasteiger partial charge in [-0.2, -0.15) is 0 Å². The Morgan fingerprint density at radius 2 is 1.27 bits per heavy atom. The number of carboxylic acids is 1. The lowest BCUT2D eigenvalue weighted by molar-refractivity contribution is -0.148. The largest absolute Gasteiger partial charge is 0.481 e. The number of nitrogens with one attached hydrogen (secondary N) is 8. The molecule has 0 unspecified atom stereocenters. The molecule has 0 radical (unpaired) electrons. The minimum Gasteiger partial charge on any atom is -0.481 e. The quantitative estimate of drug-likeness (QED) is 0.0164. The minimum absolute atomic E-state index is 0.00241. The van der Waals surface area contributed by atoms with Gasteiger partial charge in [-0.1, -0.05) is 160 Å². The molecule has 1 fully saturated rings. The van der Waals surface area contributed by atoms with Crippen LogP contribution in [0.3, 0.4) is 0 Å². The van der Waals surface area contributed by atoms with Gasteiger partial charge in [0.05, 0.1) is 69.1 Å². The van der Waals surface area contributed by atoms with Gasteiger partial charge in [0.1, 0.15) is 48.4 Å². The molecule has 0 saturated carbocycles. The number of nitrogens with zero attached hydrogens (tertiary/aromatic N) is 4. The Morgan fingerprint density at radius 1 is 0.633 bits per heavy atom. The summed E-state index contributed by atoms with van der Waals surface area (Å²) in [5, 5.41) is 34.1. The van der Waals surface area contributed by atoms with Crippen LogP contribution in [0.1, 0.15) is 159 Å². The molecule has 1 aliphatic carbocycles. The average molecular weight is 1690 g/mol. The molecule has 7 rings (SSSR count). The summed E-state index contributed by atoms with van der Waals surface area (Å²) < 4.78 is 34.7. The number of hydrogen-bond donors (Lipinski definition) is 10. The molecule has 1 aromatic heterocycles. The molecule has 12 amide bonds. The summed E-state index contributed by atoms with van der Waals surface area (Å²) in [7, 11) is 6.13. The molecular weight excluding hydrogens is 1560 g/mol. The number of thiazole rings is 1. The number of carboxylic acid groups (broad SMARTS) is 1. The number of hydrogen-bond acceptors (Lipinski definition) is 20. The predicted molar refractivity (Wildman–Crippen MR) is 451 cm³/mol. The number of alkyl carbamates (subject to hydrolysis) is 1. The average Bonchev–Trinajstić information content (AvgIpc) is 1.61. The van der Waals surface area contributed by atoms with Crippen LogP contribution >= 0.6 is 11.3 Å². The van der Waals surface area contributed by atoms with Gasteiger partial charge in [0.25, 0.3) is 0 Å². The molecule has 4 aromatic carbocycles. The predicted octanol–water partition coefficient (Wildman–Crippen LogP) is 8.22. The van der Waals surface area contributed by atoms with E-state index in [9.17, 15) is 62.6 Å². The van der Waals surface area contributed by atoms with Gasteiger partial charge in [0.15, 0.2) is 0 Å². The second kappa shape index (κ2) is 48.6. The lowest BCUT2D eigenvalue weighted by Gasteiger charge is -2.41. The van der Waals surface area contributed by atoms with Gasteiger partial charge in [-0.25, -0.2) is 19.4 Å². The van der Waals surface area contributed by atoms with Crippen molar-refractivity contribution in [2.75, 3.05) is 86.3 Å². The monoisotopic (exact) mass is 1690 g/mol. The van der Waals surface area contributed by atoms with Gasteiger partial charge in [-0.15, -0.1) is 11.3 Å². The normalized spacial score (nSPS) is 15.8. The molecule has 33 heteroatoms. The van der Waals surface area contributed by atoms with Gasteiger partial charge in [0.2, 0.25) is 47.3 Å². The zero-order valence-electron chi connectivity index (χ0n) is 71.2. The number of likely N-dealkylation sites (tertiary alicyclic amines) is 1. The van der Waals surface area contributed by atoms with Gasteiger partial charge >= 0.3 is 24.2 Å². The van der Waals surface area contributed by atoms with E-state index in [1.807, 2.05) is 105 Å². The standard InChI is InChI=1S/C87H123N13O19S/c1-14-55(8)76(69(114-12)49-71(102)100-42-23-31-68(100)77(115-13)56(9)78(105)94-67(83-90-41-47-120-83)48-57-24-16-15-17-25-57)98(10)84(110)74(53(4)5)97-82(109)75(54(6)7)99(11)87(113)119-50-58-32-34-59(35-33-58)92-80(107)65(30-22-39-91-85(88)111)93-81(108)73(52(2)3)96-70(101)38-43-116-45-46-117-44-40-89-79(106)66(36-37-72(103)104)95-86(112)118-51-64-62-28-20-18-26-60(62)61-27-19-21-29-63(61)64/h15-21,24-29,32-35,41,47,52-56,64-69,73-77H,14,22-23,30-31,36-40,42-46,48-51H2,1-13H3,(H,89,106)(H,92,107)(H,93,108)(H,94,105)(H,95,112)(H,96,101)(H,97,109)(H,103,104)(H3,88,91,111)/t55-,56+,65-,66-,67-,68-,69+,73-,74-,75-,76-,77+/m0/s1. The van der Waals surface area contributed by atoms with E-state index in [-0.39, 0.29) is 115 Å². The lowest BCUT2D eigenvalue weighted by Crippen LogP contribution is -2.60. The highest BCUT2D eigenvalue weighted by Crippen LogP contribution is 2.45. The number of carbonyl (C=O) groups is 12. The van der Waals surface area contributed by atoms with Crippen LogP contribution in [0, 0.1) is 29.6 Å². The lowest BCUT2D eigenvalue weighted by atomic mass is 9.89. The van der Waals surface area contributed by atoms with E-state index in [0.29, 0.717) is 43.5 Å². The Bertz CT molecular complexity index is 4130. The molecule has 2 heterocycles. The number of fused-ring (bicyclic) bond motifs is 3. The van der Waals surface area contributed by atoms with Gasteiger partial charge < -0.3 is 91.6 Å². The van der Waals surface area contributed by atoms with Crippen LogP contribution < -0.4 is 48.3 Å². The van der Waals surface area contributed by atoms with E-state index in [0.717, 1.165) is 32.8 Å². The van der Waals surface area contributed by atoms with Crippen molar-refractivity contribution in [3.05, 3.63) is 142 Å². The van der Waals surface area contributed by atoms with Crippen molar-refractivity contribution in [2.24, 2.45) is 35.3 Å². The summed E-state index contributed by atoms with van der Waals surface area (Å²) in [6.07, 6.45) is 0.466. The summed E-state index contributed by atoms with van der Waals surface area (Å²) in [5.41, 5.74) is 11.2. The number of methoxy groups -OCH3 is 2. The van der Waals surface area contributed by atoms with E-state index in [1.54, 1.807) is 96.0 Å². The molecule has 5 aromatic rings. The van der Waals surface area contributed by atoms with Crippen molar-refractivity contribution in [3.8, 4) is 11.1 Å². The van der Waals surface area contributed by atoms with Crippen molar-refractivity contribution in [2.45, 2.75) is 200 Å². The van der Waals surface area contributed by atoms with Crippen LogP contribution in [-0.4, -0.2) is 232 Å². The molecule has 0 bridgehead atoms. The summed E-state index contributed by atoms with van der Waals surface area (Å²) in [6.45, 7) is 16.7. The molecule has 32 nitrogen and oxygen atoms in total. The first-order chi connectivity index (χ1) is 57.4. The molecular formula is C87H123N13O19S. The van der Waals surface area contributed by atoms with Gasteiger partial charge in [-0.05, 0) is 108 Å². The Kier molecular flexibility index (Phi) is 39.1. The fourth-order valence-corrected chi connectivity index (χ4v) is 15.9. The maximum Gasteiger partial charge on any atom is 0.410 e. The number of rotatable bonds is 49. The number of amides is 12. The second-order valence-electron chi connectivity index (χ2n) is 31.5. The number of urea groups is 1. The number of carbonyl (C=O) groups excluding carboxylic acids is 11. The molecule has 1 aliphatic heterocycles. The first-order valence-corrected chi connectivity index (χ1v) is 42.1. The molecule has 120 heavy (non-hydrogen) atoms. The van der Waals surface area contributed by atoms with Crippen LogP contribution in [0.25, 0.3) is 11.1 Å². The van der Waals surface area contributed by atoms with E-state index >= 15 is 0 Å². The Labute approximate surface area is 707 Å². The number of aliphatic carboxylic acids is 1. The topological polar surface area (TPSA) is 425 Å². The third kappa shape index (κ3) is 28.5. The molecule has 656 valence electrons. The summed E-state index contributed by atoms with van der Waals surface area (Å²) in [6, 6.07) is 24.0. The number of ether oxygens (including phenoxy) is 6. The third-order valence-electron chi connectivity index (χ3n) is 21.9. The van der Waals surface area contributed by atoms with Crippen LogP contribution in [0.15, 0.2) is 115 Å². The van der Waals surface area contributed by atoms with Gasteiger partial charge in [-0.3, -0.25) is 48.1 Å².